The Balaban J connectivity index is 2.71. The predicted octanol–water partition coefficient (Wildman–Crippen LogP) is 1.20. The Kier molecular flexibility index (Phi) is 2.47. The Morgan fingerprint density at radius 3 is 2.71 bits per heavy atom. The third-order valence-corrected chi connectivity index (χ3v) is 2.40. The van der Waals surface area contributed by atoms with E-state index in [2.05, 4.69) is 5.10 Å². The van der Waals surface area contributed by atoms with E-state index in [4.69, 9.17) is 5.11 Å². The molecule has 1 aromatic heterocycles. The van der Waals surface area contributed by atoms with Crippen molar-refractivity contribution in [3.63, 3.8) is 0 Å². The highest BCUT2D eigenvalue weighted by Gasteiger charge is 2.19. The summed E-state index contributed by atoms with van der Waals surface area (Å²) in [5, 5.41) is 31.9. The van der Waals surface area contributed by atoms with Crippen molar-refractivity contribution in [2.75, 3.05) is 0 Å². The molecule has 17 heavy (non-hydrogen) atoms. The van der Waals surface area contributed by atoms with Crippen LogP contribution in [0.25, 0.3) is 11.3 Å². The van der Waals surface area contributed by atoms with Crippen LogP contribution in [0.15, 0.2) is 24.4 Å². The maximum atomic E-state index is 11.0. The van der Waals surface area contributed by atoms with Gasteiger partial charge in [0.15, 0.2) is 0 Å². The smallest absolute Gasteiger partial charge is 0.339 e. The van der Waals surface area contributed by atoms with E-state index in [9.17, 15) is 15.0 Å². The van der Waals surface area contributed by atoms with Crippen molar-refractivity contribution in [2.45, 2.75) is 0 Å². The molecule has 6 heteroatoms. The molecule has 2 aromatic rings. The van der Waals surface area contributed by atoms with E-state index in [1.165, 1.54) is 29.1 Å². The Morgan fingerprint density at radius 2 is 2.06 bits per heavy atom. The van der Waals surface area contributed by atoms with E-state index in [-0.39, 0.29) is 28.3 Å². The molecule has 6 nitrogen and oxygen atoms in total. The third kappa shape index (κ3) is 1.80. The van der Waals surface area contributed by atoms with Gasteiger partial charge in [-0.05, 0) is 18.2 Å². The number of rotatable bonds is 2. The summed E-state index contributed by atoms with van der Waals surface area (Å²) >= 11 is 0. The lowest BCUT2D eigenvalue weighted by Crippen LogP contribution is -2.00. The molecule has 0 saturated heterocycles. The molecule has 0 fully saturated rings. The number of benzene rings is 1. The van der Waals surface area contributed by atoms with Gasteiger partial charge in [0.25, 0.3) is 0 Å². The fourth-order valence-corrected chi connectivity index (χ4v) is 1.63. The van der Waals surface area contributed by atoms with Gasteiger partial charge in [0.05, 0.1) is 11.9 Å². The minimum atomic E-state index is -1.14. The molecule has 88 valence electrons. The molecule has 0 aliphatic heterocycles. The minimum absolute atomic E-state index is 0.0339. The van der Waals surface area contributed by atoms with E-state index in [1.807, 2.05) is 0 Å². The molecule has 0 radical (unpaired) electrons. The number of carboxylic acid groups (broad SMARTS) is 1. The average Bonchev–Trinajstić information content (AvgIpc) is 2.64. The van der Waals surface area contributed by atoms with E-state index < -0.39 is 5.97 Å². The summed E-state index contributed by atoms with van der Waals surface area (Å²) < 4.78 is 1.33. The lowest BCUT2D eigenvalue weighted by atomic mass is 10.1. The first-order valence-corrected chi connectivity index (χ1v) is 4.78. The molecule has 2 rings (SSSR count). The van der Waals surface area contributed by atoms with Crippen molar-refractivity contribution in [1.29, 1.82) is 0 Å². The summed E-state index contributed by atoms with van der Waals surface area (Å²) in [5.41, 5.74) is 0.432. The van der Waals surface area contributed by atoms with Gasteiger partial charge in [0.2, 0.25) is 0 Å². The monoisotopic (exact) mass is 234 g/mol. The topological polar surface area (TPSA) is 95.6 Å². The molecule has 0 bridgehead atoms. The molecular formula is C11H10N2O4. The van der Waals surface area contributed by atoms with Crippen molar-refractivity contribution in [1.82, 2.24) is 9.78 Å². The first kappa shape index (κ1) is 11.0. The molecule has 0 aliphatic carbocycles. The van der Waals surface area contributed by atoms with Crippen LogP contribution >= 0.6 is 0 Å². The molecular weight excluding hydrogens is 224 g/mol. The Hall–Kier alpha value is -2.50. The Bertz CT molecular complexity index is 589. The van der Waals surface area contributed by atoms with Crippen molar-refractivity contribution in [3.8, 4) is 22.8 Å². The maximum Gasteiger partial charge on any atom is 0.339 e. The second-order valence-electron chi connectivity index (χ2n) is 3.54. The van der Waals surface area contributed by atoms with Crippen LogP contribution in [-0.2, 0) is 7.05 Å². The number of aryl methyl sites for hydroxylation is 1. The summed E-state index contributed by atoms with van der Waals surface area (Å²) in [7, 11) is 1.56. The van der Waals surface area contributed by atoms with Crippen LogP contribution in [0.2, 0.25) is 0 Å². The summed E-state index contributed by atoms with van der Waals surface area (Å²) in [6.07, 6.45) is 1.20. The number of aromatic carboxylic acids is 1. The van der Waals surface area contributed by atoms with Gasteiger partial charge in [-0.1, -0.05) is 0 Å². The number of aromatic nitrogens is 2. The van der Waals surface area contributed by atoms with Gasteiger partial charge < -0.3 is 15.3 Å². The number of phenolic OH excluding ortho intramolecular Hbond substituents is 2. The Morgan fingerprint density at radius 1 is 1.35 bits per heavy atom. The van der Waals surface area contributed by atoms with Gasteiger partial charge in [-0.25, -0.2) is 4.79 Å². The third-order valence-electron chi connectivity index (χ3n) is 2.40. The van der Waals surface area contributed by atoms with Crippen molar-refractivity contribution in [3.05, 3.63) is 30.0 Å². The van der Waals surface area contributed by atoms with Crippen molar-refractivity contribution in [2.24, 2.45) is 7.05 Å². The lowest BCUT2D eigenvalue weighted by molar-refractivity contribution is 0.0697. The SMILES string of the molecule is Cn1ncc(C(=O)O)c1-c1cc(O)ccc1O. The van der Waals surface area contributed by atoms with Crippen LogP contribution in [0.1, 0.15) is 10.4 Å². The van der Waals surface area contributed by atoms with Crippen LogP contribution in [0.4, 0.5) is 0 Å². The molecule has 0 atom stereocenters. The zero-order chi connectivity index (χ0) is 12.6. The van der Waals surface area contributed by atoms with Crippen molar-refractivity contribution >= 4 is 5.97 Å². The first-order chi connectivity index (χ1) is 8.00. The van der Waals surface area contributed by atoms with Gasteiger partial charge in [-0.2, -0.15) is 5.10 Å². The molecule has 3 N–H and O–H groups in total. The second-order valence-corrected chi connectivity index (χ2v) is 3.54. The number of hydrogen-bond acceptors (Lipinski definition) is 4. The number of carbonyl (C=O) groups is 1. The van der Waals surface area contributed by atoms with Crippen LogP contribution in [0, 0.1) is 0 Å². The molecule has 1 aromatic carbocycles. The Labute approximate surface area is 96.4 Å². The van der Waals surface area contributed by atoms with Gasteiger partial charge in [-0.15, -0.1) is 0 Å². The summed E-state index contributed by atoms with van der Waals surface area (Å²) in [4.78, 5) is 11.0. The molecule has 0 spiro atoms. The fourth-order valence-electron chi connectivity index (χ4n) is 1.63. The number of phenols is 2. The summed E-state index contributed by atoms with van der Waals surface area (Å²) in [6, 6.07) is 3.90. The number of nitrogens with zero attached hydrogens (tertiary/aromatic N) is 2. The highest BCUT2D eigenvalue weighted by atomic mass is 16.4. The maximum absolute atomic E-state index is 11.0. The number of aromatic hydroxyl groups is 2. The quantitative estimate of drug-likeness (QED) is 0.678. The molecule has 0 unspecified atom stereocenters. The van der Waals surface area contributed by atoms with Gasteiger partial charge in [-0.3, -0.25) is 4.68 Å². The van der Waals surface area contributed by atoms with Crippen LogP contribution < -0.4 is 0 Å². The highest BCUT2D eigenvalue weighted by molar-refractivity contribution is 5.95. The zero-order valence-corrected chi connectivity index (χ0v) is 8.95. The van der Waals surface area contributed by atoms with Crippen LogP contribution in [0.3, 0.4) is 0 Å². The zero-order valence-electron chi connectivity index (χ0n) is 8.95. The van der Waals surface area contributed by atoms with Gasteiger partial charge in [0.1, 0.15) is 17.1 Å². The van der Waals surface area contributed by atoms with Gasteiger partial charge >= 0.3 is 5.97 Å². The van der Waals surface area contributed by atoms with E-state index in [0.29, 0.717) is 0 Å². The first-order valence-electron chi connectivity index (χ1n) is 4.78. The standard InChI is InChI=1S/C11H10N2O4/c1-13-10(8(5-12-13)11(16)17)7-4-6(14)2-3-9(7)15/h2-5,14-15H,1H3,(H,16,17). The average molecular weight is 234 g/mol. The molecule has 1 heterocycles. The predicted molar refractivity (Wildman–Crippen MR) is 58.9 cm³/mol. The number of hydrogen-bond donors (Lipinski definition) is 3. The van der Waals surface area contributed by atoms with Crippen LogP contribution in [-0.4, -0.2) is 31.1 Å². The second kappa shape index (κ2) is 3.82. The van der Waals surface area contributed by atoms with E-state index in [1.54, 1.807) is 7.05 Å². The minimum Gasteiger partial charge on any atom is -0.508 e. The van der Waals surface area contributed by atoms with Crippen LogP contribution in [0.5, 0.6) is 11.5 Å². The normalized spacial score (nSPS) is 10.4. The fraction of sp³-hybridized carbons (Fsp3) is 0.0909. The summed E-state index contributed by atoms with van der Waals surface area (Å²) in [6.45, 7) is 0. The molecule has 0 saturated carbocycles. The van der Waals surface area contributed by atoms with Crippen molar-refractivity contribution < 1.29 is 20.1 Å². The molecule has 0 amide bonds. The lowest BCUT2D eigenvalue weighted by Gasteiger charge is -2.07. The van der Waals surface area contributed by atoms with E-state index in [0.717, 1.165) is 0 Å². The largest absolute Gasteiger partial charge is 0.508 e. The van der Waals surface area contributed by atoms with E-state index >= 15 is 0 Å². The van der Waals surface area contributed by atoms with Gasteiger partial charge in [0, 0.05) is 12.6 Å². The summed E-state index contributed by atoms with van der Waals surface area (Å²) in [5.74, 6) is -1.32. The number of carboxylic acids is 1. The molecule has 0 aliphatic rings. The highest BCUT2D eigenvalue weighted by Crippen LogP contribution is 2.33.